The molecule has 2 aromatic carbocycles. The number of esters is 1. The predicted molar refractivity (Wildman–Crippen MR) is 111 cm³/mol. The first-order valence-electron chi connectivity index (χ1n) is 9.39. The highest BCUT2D eigenvalue weighted by atomic mass is 32.2. The van der Waals surface area contributed by atoms with Gasteiger partial charge in [0.15, 0.2) is 6.04 Å². The fourth-order valence-corrected chi connectivity index (χ4v) is 2.95. The number of benzene rings is 2. The Kier molecular flexibility index (Phi) is 9.44. The van der Waals surface area contributed by atoms with E-state index in [9.17, 15) is 18.0 Å². The molecule has 0 aliphatic heterocycles. The quantitative estimate of drug-likeness (QED) is 0.291. The zero-order valence-corrected chi connectivity index (χ0v) is 18.1. The molecule has 2 aromatic rings. The van der Waals surface area contributed by atoms with Gasteiger partial charge >= 0.3 is 12.1 Å². The fourth-order valence-electron chi connectivity index (χ4n) is 2.55. The summed E-state index contributed by atoms with van der Waals surface area (Å²) < 4.78 is 37.3. The normalized spacial score (nSPS) is 12.1. The maximum absolute atomic E-state index is 12.8. The lowest BCUT2D eigenvalue weighted by atomic mass is 10.2. The number of hydroxylamine groups is 2. The Morgan fingerprint density at radius 2 is 1.48 bits per heavy atom. The van der Waals surface area contributed by atoms with Gasteiger partial charge in [-0.15, -0.1) is 0 Å². The number of rotatable bonds is 11. The molecule has 0 unspecified atom stereocenters. The van der Waals surface area contributed by atoms with Crippen LogP contribution in [0.1, 0.15) is 17.5 Å². The maximum Gasteiger partial charge on any atom is 0.435 e. The summed E-state index contributed by atoms with van der Waals surface area (Å²) in [4.78, 5) is 30.7. The number of hydrogen-bond acceptors (Lipinski definition) is 8. The lowest BCUT2D eigenvalue weighted by molar-refractivity contribution is -0.192. The smallest absolute Gasteiger partial charge is 0.435 e. The molecule has 1 atom stereocenters. The summed E-state index contributed by atoms with van der Waals surface area (Å²) in [5.74, 6) is -0.804. The molecule has 0 spiro atoms. The Balaban J connectivity index is 2.16. The van der Waals surface area contributed by atoms with E-state index < -0.39 is 28.2 Å². The molecule has 0 N–H and O–H groups in total. The minimum atomic E-state index is -3.73. The number of hydrogen-bond donors (Lipinski definition) is 0. The van der Waals surface area contributed by atoms with Gasteiger partial charge in [0, 0.05) is 6.42 Å². The topological polar surface area (TPSA) is 108 Å². The van der Waals surface area contributed by atoms with Crippen molar-refractivity contribution in [1.82, 2.24) is 5.06 Å². The van der Waals surface area contributed by atoms with Gasteiger partial charge in [0.2, 0.25) is 0 Å². The molecule has 9 nitrogen and oxygen atoms in total. The van der Waals surface area contributed by atoms with Crippen LogP contribution in [0.2, 0.25) is 0 Å². The van der Waals surface area contributed by atoms with Crippen LogP contribution in [0.3, 0.4) is 0 Å². The Hall–Kier alpha value is -2.95. The lowest BCUT2D eigenvalue weighted by Crippen LogP contribution is -2.46. The second kappa shape index (κ2) is 12.0. The largest absolute Gasteiger partial charge is 0.467 e. The maximum atomic E-state index is 12.8. The minimum absolute atomic E-state index is 0.0261. The molecule has 1 amide bonds. The van der Waals surface area contributed by atoms with Gasteiger partial charge in [-0.3, -0.25) is 9.02 Å². The molecule has 168 valence electrons. The Labute approximate surface area is 181 Å². The molecule has 0 aliphatic rings. The summed E-state index contributed by atoms with van der Waals surface area (Å²) >= 11 is 0. The van der Waals surface area contributed by atoms with Crippen LogP contribution >= 0.6 is 0 Å². The van der Waals surface area contributed by atoms with Crippen LogP contribution in [0.25, 0.3) is 0 Å². The van der Waals surface area contributed by atoms with Crippen LogP contribution in [0, 0.1) is 0 Å². The van der Waals surface area contributed by atoms with Crippen molar-refractivity contribution in [3.05, 3.63) is 71.8 Å². The van der Waals surface area contributed by atoms with Crippen LogP contribution in [0.4, 0.5) is 4.79 Å². The molecule has 0 bridgehead atoms. The number of ether oxygens (including phenoxy) is 2. The standard InChI is InChI=1S/C21H25NO8S/c1-27-20(23)19(13-14-30-31(2,25)26)22(29-16-18-11-7-4-8-12-18)21(24)28-15-17-9-5-3-6-10-17/h3-12,19H,13-16H2,1-2H3/t19-/m0/s1. The highest BCUT2D eigenvalue weighted by molar-refractivity contribution is 7.85. The van der Waals surface area contributed by atoms with E-state index in [1.165, 1.54) is 0 Å². The molecule has 0 radical (unpaired) electrons. The molecule has 0 aliphatic carbocycles. The van der Waals surface area contributed by atoms with Crippen LogP contribution in [0.5, 0.6) is 0 Å². The van der Waals surface area contributed by atoms with Gasteiger partial charge in [-0.05, 0) is 11.1 Å². The number of carbonyl (C=O) groups excluding carboxylic acids is 2. The highest BCUT2D eigenvalue weighted by Gasteiger charge is 2.33. The summed E-state index contributed by atoms with van der Waals surface area (Å²) in [6.45, 7) is -0.421. The lowest BCUT2D eigenvalue weighted by Gasteiger charge is -2.28. The first-order valence-corrected chi connectivity index (χ1v) is 11.2. The van der Waals surface area contributed by atoms with Gasteiger partial charge in [-0.25, -0.2) is 9.59 Å². The van der Waals surface area contributed by atoms with Crippen molar-refractivity contribution in [2.75, 3.05) is 20.0 Å². The molecule has 2 rings (SSSR count). The Morgan fingerprint density at radius 1 is 0.935 bits per heavy atom. The third kappa shape index (κ3) is 8.75. The van der Waals surface area contributed by atoms with Crippen molar-refractivity contribution in [3.8, 4) is 0 Å². The van der Waals surface area contributed by atoms with E-state index in [-0.39, 0.29) is 26.2 Å². The van der Waals surface area contributed by atoms with Crippen molar-refractivity contribution in [1.29, 1.82) is 0 Å². The second-order valence-corrected chi connectivity index (χ2v) is 8.12. The van der Waals surface area contributed by atoms with Crippen LogP contribution in [0.15, 0.2) is 60.7 Å². The summed E-state index contributed by atoms with van der Waals surface area (Å²) in [7, 11) is -2.58. The third-order valence-electron chi connectivity index (χ3n) is 4.04. The Bertz CT molecular complexity index is 934. The molecule has 31 heavy (non-hydrogen) atoms. The van der Waals surface area contributed by atoms with Crippen LogP contribution in [-0.2, 0) is 46.6 Å². The van der Waals surface area contributed by atoms with Gasteiger partial charge in [0.05, 0.1) is 20.0 Å². The van der Waals surface area contributed by atoms with E-state index in [1.807, 2.05) is 12.1 Å². The summed E-state index contributed by atoms with van der Waals surface area (Å²) in [5.41, 5.74) is 1.49. The van der Waals surface area contributed by atoms with E-state index in [1.54, 1.807) is 48.5 Å². The SMILES string of the molecule is COC(=O)[C@H](CCOS(C)(=O)=O)N(OCc1ccccc1)C(=O)OCc1ccccc1. The second-order valence-electron chi connectivity index (χ2n) is 6.48. The molecule has 0 aromatic heterocycles. The van der Waals surface area contributed by atoms with Gasteiger partial charge in [0.1, 0.15) is 13.2 Å². The third-order valence-corrected chi connectivity index (χ3v) is 4.64. The van der Waals surface area contributed by atoms with E-state index in [0.717, 1.165) is 29.6 Å². The number of methoxy groups -OCH3 is 1. The first kappa shape index (κ1) is 24.3. The van der Waals surface area contributed by atoms with E-state index in [0.29, 0.717) is 0 Å². The van der Waals surface area contributed by atoms with Crippen molar-refractivity contribution < 1.29 is 36.5 Å². The van der Waals surface area contributed by atoms with E-state index >= 15 is 0 Å². The zero-order chi connectivity index (χ0) is 22.7. The first-order chi connectivity index (χ1) is 14.8. The van der Waals surface area contributed by atoms with Crippen molar-refractivity contribution in [2.24, 2.45) is 0 Å². The van der Waals surface area contributed by atoms with Gasteiger partial charge in [-0.1, -0.05) is 60.7 Å². The monoisotopic (exact) mass is 451 g/mol. The summed E-state index contributed by atoms with van der Waals surface area (Å²) in [6, 6.07) is 16.7. The number of carbonyl (C=O) groups is 2. The predicted octanol–water partition coefficient (Wildman–Crippen LogP) is 2.66. The molecule has 0 fully saturated rings. The fraction of sp³-hybridized carbons (Fsp3) is 0.333. The number of amides is 1. The molecule has 0 saturated carbocycles. The van der Waals surface area contributed by atoms with E-state index in [2.05, 4.69) is 0 Å². The Morgan fingerprint density at radius 3 is 2.00 bits per heavy atom. The van der Waals surface area contributed by atoms with Crippen molar-refractivity contribution >= 4 is 22.2 Å². The van der Waals surface area contributed by atoms with Crippen LogP contribution in [-0.4, -0.2) is 51.6 Å². The molecule has 0 saturated heterocycles. The highest BCUT2D eigenvalue weighted by Crippen LogP contribution is 2.15. The average Bonchev–Trinajstić information content (AvgIpc) is 2.76. The minimum Gasteiger partial charge on any atom is -0.467 e. The average molecular weight is 451 g/mol. The number of nitrogens with zero attached hydrogens (tertiary/aromatic N) is 1. The summed E-state index contributed by atoms with van der Waals surface area (Å²) in [6.07, 6.45) is -0.220. The molecular weight excluding hydrogens is 426 g/mol. The summed E-state index contributed by atoms with van der Waals surface area (Å²) in [5, 5.41) is 0.757. The molecule has 10 heteroatoms. The zero-order valence-electron chi connectivity index (χ0n) is 17.3. The molecular formula is C21H25NO8S. The van der Waals surface area contributed by atoms with Gasteiger partial charge in [0.25, 0.3) is 10.1 Å². The van der Waals surface area contributed by atoms with Crippen LogP contribution < -0.4 is 0 Å². The van der Waals surface area contributed by atoms with Crippen molar-refractivity contribution in [3.63, 3.8) is 0 Å². The van der Waals surface area contributed by atoms with E-state index in [4.69, 9.17) is 18.5 Å². The van der Waals surface area contributed by atoms with Crippen molar-refractivity contribution in [2.45, 2.75) is 25.7 Å². The van der Waals surface area contributed by atoms with Gasteiger partial charge < -0.3 is 9.47 Å². The molecule has 0 heterocycles. The van der Waals surface area contributed by atoms with Gasteiger partial charge in [-0.2, -0.15) is 13.5 Å².